The van der Waals surface area contributed by atoms with Gasteiger partial charge in [0.1, 0.15) is 5.82 Å². The van der Waals surface area contributed by atoms with Crippen LogP contribution in [-0.2, 0) is 24.1 Å². The maximum atomic E-state index is 14.6. The van der Waals surface area contributed by atoms with Crippen molar-refractivity contribution in [3.8, 4) is 0 Å². The van der Waals surface area contributed by atoms with Crippen LogP contribution >= 0.6 is 0 Å². The van der Waals surface area contributed by atoms with E-state index < -0.39 is 33.8 Å². The fraction of sp³-hybridized carbons (Fsp3) is 0.500. The summed E-state index contributed by atoms with van der Waals surface area (Å²) in [5.74, 6) is -1.18. The van der Waals surface area contributed by atoms with E-state index in [1.165, 1.54) is 19.2 Å². The molecular weight excluding hydrogens is 367 g/mol. The van der Waals surface area contributed by atoms with Gasteiger partial charge in [-0.3, -0.25) is 4.90 Å². The van der Waals surface area contributed by atoms with Crippen molar-refractivity contribution >= 4 is 33.3 Å². The lowest BCUT2D eigenvalue weighted by Crippen LogP contribution is -2.29. The van der Waals surface area contributed by atoms with Crippen molar-refractivity contribution in [1.82, 2.24) is 0 Å². The van der Waals surface area contributed by atoms with E-state index in [4.69, 9.17) is 4.74 Å². The highest BCUT2D eigenvalue weighted by Crippen LogP contribution is 2.29. The normalized spacial score (nSPS) is 22.7. The number of sulfone groups is 1. The number of nitrogens with zero attached hydrogens (tertiary/aromatic N) is 2. The predicted octanol–water partition coefficient (Wildman–Crippen LogP) is 0.949. The highest BCUT2D eigenvalue weighted by molar-refractivity contribution is 7.91. The van der Waals surface area contributed by atoms with Gasteiger partial charge in [0.25, 0.3) is 0 Å². The smallest absolute Gasteiger partial charge is 0.415 e. The SMILES string of the molecule is COC(=O)C1CN(c2ccc(N3CCCS(=O)(=O)CC3)c(F)c2)C(=O)O1. The van der Waals surface area contributed by atoms with E-state index in [1.54, 1.807) is 11.0 Å². The van der Waals surface area contributed by atoms with Gasteiger partial charge in [-0.2, -0.15) is 0 Å². The number of amides is 1. The number of cyclic esters (lactones) is 1. The summed E-state index contributed by atoms with van der Waals surface area (Å²) in [7, 11) is -1.91. The second kappa shape index (κ2) is 7.10. The van der Waals surface area contributed by atoms with Crippen LogP contribution in [-0.4, -0.2) is 64.8 Å². The standard InChI is InChI=1S/C16H19FN2O6S/c1-24-15(20)14-10-19(16(21)25-14)11-3-4-13(12(17)9-11)18-5-2-7-26(22,23)8-6-18/h3-4,9,14H,2,5-8,10H2,1H3. The number of hydrogen-bond donors (Lipinski definition) is 0. The molecule has 2 saturated heterocycles. The molecule has 8 nitrogen and oxygen atoms in total. The Hall–Kier alpha value is -2.36. The first kappa shape index (κ1) is 18.4. The van der Waals surface area contributed by atoms with Gasteiger partial charge < -0.3 is 14.4 Å². The maximum absolute atomic E-state index is 14.6. The molecule has 2 heterocycles. The van der Waals surface area contributed by atoms with Crippen LogP contribution in [0.5, 0.6) is 0 Å². The molecule has 2 aliphatic rings. The average Bonchev–Trinajstić information content (AvgIpc) is 2.89. The molecule has 0 saturated carbocycles. The molecule has 1 aromatic carbocycles. The lowest BCUT2D eigenvalue weighted by atomic mass is 10.2. The Morgan fingerprint density at radius 2 is 2.08 bits per heavy atom. The largest absolute Gasteiger partial charge is 0.466 e. The Balaban J connectivity index is 1.78. The van der Waals surface area contributed by atoms with Crippen LogP contribution in [0.25, 0.3) is 0 Å². The van der Waals surface area contributed by atoms with Crippen LogP contribution in [0.1, 0.15) is 6.42 Å². The molecule has 10 heteroatoms. The Morgan fingerprint density at radius 1 is 1.31 bits per heavy atom. The number of anilines is 2. The molecule has 0 spiro atoms. The monoisotopic (exact) mass is 386 g/mol. The number of carbonyl (C=O) groups excluding carboxylic acids is 2. The number of ether oxygens (including phenoxy) is 2. The fourth-order valence-electron chi connectivity index (χ4n) is 3.03. The van der Waals surface area contributed by atoms with E-state index in [-0.39, 0.29) is 36.0 Å². The zero-order valence-electron chi connectivity index (χ0n) is 14.2. The molecule has 0 radical (unpaired) electrons. The molecule has 2 fully saturated rings. The van der Waals surface area contributed by atoms with E-state index >= 15 is 0 Å². The summed E-state index contributed by atoms with van der Waals surface area (Å²) in [6.45, 7) is 0.590. The number of halogens is 1. The van der Waals surface area contributed by atoms with Crippen LogP contribution in [0.15, 0.2) is 18.2 Å². The topological polar surface area (TPSA) is 93.2 Å². The molecule has 1 aromatic rings. The summed E-state index contributed by atoms with van der Waals surface area (Å²) in [6, 6.07) is 4.22. The van der Waals surface area contributed by atoms with Gasteiger partial charge >= 0.3 is 12.1 Å². The molecule has 142 valence electrons. The molecule has 1 amide bonds. The molecule has 0 bridgehead atoms. The quantitative estimate of drug-likeness (QED) is 0.714. The molecule has 1 atom stereocenters. The first-order valence-electron chi connectivity index (χ1n) is 8.11. The van der Waals surface area contributed by atoms with E-state index in [1.807, 2.05) is 0 Å². The Kier molecular flexibility index (Phi) is 5.03. The van der Waals surface area contributed by atoms with Crippen molar-refractivity contribution < 1.29 is 31.9 Å². The summed E-state index contributed by atoms with van der Waals surface area (Å²) in [4.78, 5) is 26.2. The summed E-state index contributed by atoms with van der Waals surface area (Å²) in [6.07, 6.45) is -1.37. The number of esters is 1. The van der Waals surface area contributed by atoms with E-state index in [2.05, 4.69) is 4.74 Å². The summed E-state index contributed by atoms with van der Waals surface area (Å²) >= 11 is 0. The van der Waals surface area contributed by atoms with Crippen LogP contribution in [0.4, 0.5) is 20.6 Å². The third kappa shape index (κ3) is 3.74. The summed E-state index contributed by atoms with van der Waals surface area (Å²) in [5.41, 5.74) is 0.535. The van der Waals surface area contributed by atoms with Crippen molar-refractivity contribution in [2.75, 3.05) is 48.0 Å². The van der Waals surface area contributed by atoms with Gasteiger partial charge in [0.05, 0.1) is 36.5 Å². The zero-order chi connectivity index (χ0) is 18.9. The van der Waals surface area contributed by atoms with Crippen molar-refractivity contribution in [2.24, 2.45) is 0 Å². The zero-order valence-corrected chi connectivity index (χ0v) is 15.0. The highest BCUT2D eigenvalue weighted by atomic mass is 32.2. The molecule has 3 rings (SSSR count). The van der Waals surface area contributed by atoms with E-state index in [9.17, 15) is 22.4 Å². The minimum atomic E-state index is -3.10. The summed E-state index contributed by atoms with van der Waals surface area (Å²) < 4.78 is 47.4. The molecule has 2 aliphatic heterocycles. The van der Waals surface area contributed by atoms with Crippen molar-refractivity contribution in [3.63, 3.8) is 0 Å². The number of hydrogen-bond acceptors (Lipinski definition) is 7. The van der Waals surface area contributed by atoms with E-state index in [0.29, 0.717) is 13.0 Å². The van der Waals surface area contributed by atoms with Gasteiger partial charge in [0, 0.05) is 13.1 Å². The number of rotatable bonds is 3. The first-order chi connectivity index (χ1) is 12.3. The van der Waals surface area contributed by atoms with Gasteiger partial charge in [-0.15, -0.1) is 0 Å². The van der Waals surface area contributed by atoms with Crippen LogP contribution in [0.2, 0.25) is 0 Å². The minimum Gasteiger partial charge on any atom is -0.466 e. The third-order valence-corrected chi connectivity index (χ3v) is 6.13. The Bertz CT molecular complexity index is 828. The Morgan fingerprint density at radius 3 is 2.77 bits per heavy atom. The average molecular weight is 386 g/mol. The predicted molar refractivity (Wildman–Crippen MR) is 91.5 cm³/mol. The minimum absolute atomic E-state index is 0.0204. The number of carbonyl (C=O) groups is 2. The Labute approximate surface area is 150 Å². The van der Waals surface area contributed by atoms with Gasteiger partial charge in [-0.1, -0.05) is 0 Å². The van der Waals surface area contributed by atoms with Crippen LogP contribution in [0.3, 0.4) is 0 Å². The molecule has 0 aromatic heterocycles. The molecule has 26 heavy (non-hydrogen) atoms. The van der Waals surface area contributed by atoms with Crippen LogP contribution < -0.4 is 9.80 Å². The molecule has 0 N–H and O–H groups in total. The van der Waals surface area contributed by atoms with Gasteiger partial charge in [0.2, 0.25) is 6.10 Å². The number of benzene rings is 1. The lowest BCUT2D eigenvalue weighted by Gasteiger charge is -2.23. The molecular formula is C16H19FN2O6S. The van der Waals surface area contributed by atoms with Crippen LogP contribution in [0, 0.1) is 5.82 Å². The number of methoxy groups -OCH3 is 1. The lowest BCUT2D eigenvalue weighted by molar-refractivity contribution is -0.148. The summed E-state index contributed by atoms with van der Waals surface area (Å²) in [5, 5.41) is 0. The fourth-order valence-corrected chi connectivity index (χ4v) is 4.30. The van der Waals surface area contributed by atoms with Crippen molar-refractivity contribution in [2.45, 2.75) is 12.5 Å². The third-order valence-electron chi connectivity index (χ3n) is 4.42. The van der Waals surface area contributed by atoms with Gasteiger partial charge in [-0.25, -0.2) is 22.4 Å². The second-order valence-corrected chi connectivity index (χ2v) is 8.44. The molecule has 0 aliphatic carbocycles. The van der Waals surface area contributed by atoms with Crippen molar-refractivity contribution in [3.05, 3.63) is 24.0 Å². The highest BCUT2D eigenvalue weighted by Gasteiger charge is 2.38. The van der Waals surface area contributed by atoms with Gasteiger partial charge in [0.15, 0.2) is 9.84 Å². The maximum Gasteiger partial charge on any atom is 0.415 e. The second-order valence-electron chi connectivity index (χ2n) is 6.13. The molecule has 1 unspecified atom stereocenters. The first-order valence-corrected chi connectivity index (χ1v) is 9.94. The van der Waals surface area contributed by atoms with Crippen molar-refractivity contribution in [1.29, 1.82) is 0 Å². The van der Waals surface area contributed by atoms with Gasteiger partial charge in [-0.05, 0) is 24.6 Å². The van der Waals surface area contributed by atoms with E-state index in [0.717, 1.165) is 4.90 Å².